The number of carbonyl (C=O) groups is 2. The number of benzene rings is 1. The molecule has 6 heteroatoms. The summed E-state index contributed by atoms with van der Waals surface area (Å²) in [4.78, 5) is 28.9. The molecular weight excluding hydrogens is 320 g/mol. The van der Waals surface area contributed by atoms with Crippen molar-refractivity contribution in [1.82, 2.24) is 9.80 Å². The normalized spacial score (nSPS) is 19.2. The highest BCUT2D eigenvalue weighted by molar-refractivity contribution is 5.99. The van der Waals surface area contributed by atoms with Gasteiger partial charge in [-0.25, -0.2) is 0 Å². The first-order chi connectivity index (χ1) is 12.1. The predicted molar refractivity (Wildman–Crippen MR) is 93.5 cm³/mol. The number of hydrogen-bond acceptors (Lipinski definition) is 4. The van der Waals surface area contributed by atoms with E-state index >= 15 is 0 Å². The van der Waals surface area contributed by atoms with Crippen LogP contribution in [0.1, 0.15) is 47.4 Å². The molecule has 2 amide bonds. The number of nitrogens with zero attached hydrogens (tertiary/aromatic N) is 2. The third-order valence-electron chi connectivity index (χ3n) is 5.03. The van der Waals surface area contributed by atoms with E-state index in [1.54, 1.807) is 29.2 Å². The molecule has 0 saturated carbocycles. The maximum atomic E-state index is 12.8. The molecule has 2 fully saturated rings. The van der Waals surface area contributed by atoms with Gasteiger partial charge in [-0.15, -0.1) is 0 Å². The Hall–Kier alpha value is -1.92. The number of ether oxygens (including phenoxy) is 2. The summed E-state index contributed by atoms with van der Waals surface area (Å²) in [5, 5.41) is 0. The van der Waals surface area contributed by atoms with Crippen LogP contribution in [0, 0.1) is 0 Å². The fourth-order valence-electron chi connectivity index (χ4n) is 3.50. The molecule has 25 heavy (non-hydrogen) atoms. The Morgan fingerprint density at radius 1 is 1.08 bits per heavy atom. The second kappa shape index (κ2) is 7.54. The molecule has 0 radical (unpaired) electrons. The van der Waals surface area contributed by atoms with Crippen LogP contribution in [0.25, 0.3) is 0 Å². The number of likely N-dealkylation sites (tertiary alicyclic amines) is 1. The van der Waals surface area contributed by atoms with Gasteiger partial charge in [-0.1, -0.05) is 6.07 Å². The summed E-state index contributed by atoms with van der Waals surface area (Å²) in [6.45, 7) is 7.68. The lowest BCUT2D eigenvalue weighted by Crippen LogP contribution is -2.47. The Morgan fingerprint density at radius 3 is 2.28 bits per heavy atom. The molecule has 0 aromatic heterocycles. The highest BCUT2D eigenvalue weighted by atomic mass is 16.7. The van der Waals surface area contributed by atoms with Crippen LogP contribution in [0.2, 0.25) is 0 Å². The molecule has 0 N–H and O–H groups in total. The van der Waals surface area contributed by atoms with E-state index in [-0.39, 0.29) is 11.8 Å². The molecule has 0 unspecified atom stereocenters. The van der Waals surface area contributed by atoms with E-state index < -0.39 is 5.79 Å². The lowest BCUT2D eigenvalue weighted by atomic mass is 10.0. The Labute approximate surface area is 148 Å². The first-order valence-electron chi connectivity index (χ1n) is 9.05. The molecular formula is C19H26N2O4. The highest BCUT2D eigenvalue weighted by Crippen LogP contribution is 2.31. The molecule has 2 aliphatic heterocycles. The van der Waals surface area contributed by atoms with Gasteiger partial charge in [0.15, 0.2) is 5.79 Å². The summed E-state index contributed by atoms with van der Waals surface area (Å²) in [6, 6.07) is 7.02. The van der Waals surface area contributed by atoms with Gasteiger partial charge in [0.1, 0.15) is 0 Å². The summed E-state index contributed by atoms with van der Waals surface area (Å²) in [6.07, 6.45) is 1.38. The molecule has 0 atom stereocenters. The first-order valence-corrected chi connectivity index (χ1v) is 9.05. The van der Waals surface area contributed by atoms with Crippen LogP contribution in [0.15, 0.2) is 24.3 Å². The standard InChI is InChI=1S/C19H26N2O4/c1-3-20(4-2)17(22)15-6-5-7-16(14-15)18(23)21-10-8-19(9-11-21)24-12-13-25-19/h5-7,14H,3-4,8-13H2,1-2H3. The van der Waals surface area contributed by atoms with Crippen LogP contribution >= 0.6 is 0 Å². The van der Waals surface area contributed by atoms with Gasteiger partial charge in [-0.2, -0.15) is 0 Å². The van der Waals surface area contributed by atoms with Crippen molar-refractivity contribution >= 4 is 11.8 Å². The van der Waals surface area contributed by atoms with Gasteiger partial charge in [-0.3, -0.25) is 9.59 Å². The molecule has 6 nitrogen and oxygen atoms in total. The van der Waals surface area contributed by atoms with E-state index in [2.05, 4.69) is 0 Å². The maximum Gasteiger partial charge on any atom is 0.253 e. The van der Waals surface area contributed by atoms with Gasteiger partial charge in [-0.05, 0) is 32.0 Å². The van der Waals surface area contributed by atoms with Crippen molar-refractivity contribution in [2.24, 2.45) is 0 Å². The number of hydrogen-bond donors (Lipinski definition) is 0. The molecule has 2 heterocycles. The fraction of sp³-hybridized carbons (Fsp3) is 0.579. The first kappa shape index (κ1) is 17.9. The number of rotatable bonds is 4. The van der Waals surface area contributed by atoms with Crippen LogP contribution in [-0.4, -0.2) is 66.8 Å². The van der Waals surface area contributed by atoms with Crippen LogP contribution < -0.4 is 0 Å². The molecule has 0 aliphatic carbocycles. The Balaban J connectivity index is 1.68. The largest absolute Gasteiger partial charge is 0.347 e. The van der Waals surface area contributed by atoms with Crippen molar-refractivity contribution in [3.05, 3.63) is 35.4 Å². The molecule has 2 aliphatic rings. The van der Waals surface area contributed by atoms with E-state index in [0.29, 0.717) is 63.4 Å². The van der Waals surface area contributed by atoms with E-state index in [0.717, 1.165) is 0 Å². The number of carbonyl (C=O) groups excluding carboxylic acids is 2. The Kier molecular flexibility index (Phi) is 5.39. The van der Waals surface area contributed by atoms with Crippen molar-refractivity contribution in [3.8, 4) is 0 Å². The monoisotopic (exact) mass is 346 g/mol. The minimum absolute atomic E-state index is 0.0370. The third kappa shape index (κ3) is 3.70. The SMILES string of the molecule is CCN(CC)C(=O)c1cccc(C(=O)N2CCC3(CC2)OCCO3)c1. The predicted octanol–water partition coefficient (Wildman–Crippen LogP) is 2.15. The van der Waals surface area contributed by atoms with Crippen molar-refractivity contribution < 1.29 is 19.1 Å². The summed E-state index contributed by atoms with van der Waals surface area (Å²) >= 11 is 0. The van der Waals surface area contributed by atoms with E-state index in [1.807, 2.05) is 18.7 Å². The molecule has 2 saturated heterocycles. The van der Waals surface area contributed by atoms with Crippen molar-refractivity contribution in [3.63, 3.8) is 0 Å². The minimum Gasteiger partial charge on any atom is -0.347 e. The zero-order valence-electron chi connectivity index (χ0n) is 15.0. The van der Waals surface area contributed by atoms with E-state index in [1.165, 1.54) is 0 Å². The van der Waals surface area contributed by atoms with Crippen LogP contribution in [-0.2, 0) is 9.47 Å². The number of amides is 2. The van der Waals surface area contributed by atoms with E-state index in [9.17, 15) is 9.59 Å². The van der Waals surface area contributed by atoms with Gasteiger partial charge >= 0.3 is 0 Å². The van der Waals surface area contributed by atoms with Gasteiger partial charge in [0.25, 0.3) is 11.8 Å². The summed E-state index contributed by atoms with van der Waals surface area (Å²) in [5.41, 5.74) is 1.12. The summed E-state index contributed by atoms with van der Waals surface area (Å²) < 4.78 is 11.4. The smallest absolute Gasteiger partial charge is 0.253 e. The van der Waals surface area contributed by atoms with Crippen molar-refractivity contribution in [2.45, 2.75) is 32.5 Å². The molecule has 136 valence electrons. The summed E-state index contributed by atoms with van der Waals surface area (Å²) in [7, 11) is 0. The highest BCUT2D eigenvalue weighted by Gasteiger charge is 2.40. The van der Waals surface area contributed by atoms with Crippen LogP contribution in [0.4, 0.5) is 0 Å². The average Bonchev–Trinajstić information content (AvgIpc) is 3.11. The second-order valence-corrected chi connectivity index (χ2v) is 6.46. The van der Waals surface area contributed by atoms with Gasteiger partial charge in [0.2, 0.25) is 0 Å². The van der Waals surface area contributed by atoms with E-state index in [4.69, 9.17) is 9.47 Å². The van der Waals surface area contributed by atoms with Gasteiger partial charge < -0.3 is 19.3 Å². The topological polar surface area (TPSA) is 59.1 Å². The minimum atomic E-state index is -0.489. The van der Waals surface area contributed by atoms with Crippen molar-refractivity contribution in [1.29, 1.82) is 0 Å². The van der Waals surface area contributed by atoms with Crippen LogP contribution in [0.5, 0.6) is 0 Å². The van der Waals surface area contributed by atoms with Gasteiger partial charge in [0, 0.05) is 50.1 Å². The second-order valence-electron chi connectivity index (χ2n) is 6.46. The third-order valence-corrected chi connectivity index (χ3v) is 5.03. The number of piperidine rings is 1. The molecule has 1 spiro atoms. The molecule has 3 rings (SSSR count). The lowest BCUT2D eigenvalue weighted by Gasteiger charge is -2.37. The van der Waals surface area contributed by atoms with Crippen LogP contribution in [0.3, 0.4) is 0 Å². The molecule has 1 aromatic carbocycles. The maximum absolute atomic E-state index is 12.8. The zero-order valence-corrected chi connectivity index (χ0v) is 15.0. The zero-order chi connectivity index (χ0) is 17.9. The summed E-state index contributed by atoms with van der Waals surface area (Å²) in [5.74, 6) is -0.566. The van der Waals surface area contributed by atoms with Crippen molar-refractivity contribution in [2.75, 3.05) is 39.4 Å². The fourth-order valence-corrected chi connectivity index (χ4v) is 3.50. The quantitative estimate of drug-likeness (QED) is 0.838. The molecule has 1 aromatic rings. The molecule has 0 bridgehead atoms. The Bertz CT molecular complexity index is 626. The Morgan fingerprint density at radius 2 is 1.68 bits per heavy atom. The lowest BCUT2D eigenvalue weighted by molar-refractivity contribution is -0.181. The van der Waals surface area contributed by atoms with Gasteiger partial charge in [0.05, 0.1) is 13.2 Å². The average molecular weight is 346 g/mol.